The zero-order chi connectivity index (χ0) is 82.8. The Morgan fingerprint density at radius 3 is 0.811 bits per heavy atom. The van der Waals surface area contributed by atoms with E-state index in [9.17, 15) is 46.7 Å². The highest BCUT2D eigenvalue weighted by Gasteiger charge is 2.38. The third-order valence-corrected chi connectivity index (χ3v) is 34.8. The van der Waals surface area contributed by atoms with E-state index in [0.717, 1.165) is 79.5 Å². The molecule has 4 aliphatic rings. The molecule has 624 valence electrons. The van der Waals surface area contributed by atoms with Crippen LogP contribution in [-0.2, 0) is 52.6 Å². The van der Waals surface area contributed by atoms with Crippen LogP contribution in [0.25, 0.3) is 0 Å². The van der Waals surface area contributed by atoms with Gasteiger partial charge in [-0.1, -0.05) is 101 Å². The summed E-state index contributed by atoms with van der Waals surface area (Å²) in [6.45, 7) is 52.8. The monoisotopic (exact) mass is 1880 g/mol. The number of thioether (sulfide) groups is 13. The molecule has 4 fully saturated rings. The van der Waals surface area contributed by atoms with Gasteiger partial charge in [0.1, 0.15) is 22.1 Å². The quantitative estimate of drug-likeness (QED) is 0.0118. The van der Waals surface area contributed by atoms with Gasteiger partial charge in [-0.25, -0.2) is 4.79 Å². The highest BCUT2D eigenvalue weighted by Crippen LogP contribution is 2.36. The summed E-state index contributed by atoms with van der Waals surface area (Å²) >= 11 is 44.1. The van der Waals surface area contributed by atoms with Crippen molar-refractivity contribution in [1.82, 2.24) is 9.80 Å². The number of alkyl halides is 4. The molecule has 4 aliphatic heterocycles. The Bertz CT molecular complexity index is 2370. The highest BCUT2D eigenvalue weighted by atomic mass is 79.9. The molecule has 4 saturated heterocycles. The molecule has 8 unspecified atom stereocenters. The maximum atomic E-state index is 11.7. The summed E-state index contributed by atoms with van der Waals surface area (Å²) in [5, 5.41) is 20.8. The fraction of sp³-hybridized carbons (Fsp3) is 0.800. The van der Waals surface area contributed by atoms with E-state index < -0.39 is 29.0 Å². The Morgan fingerprint density at radius 1 is 0.443 bits per heavy atom. The Hall–Kier alpha value is 1.66. The number of esters is 3. The minimum absolute atomic E-state index is 0.0877. The zero-order valence-electron chi connectivity index (χ0n) is 65.4. The summed E-state index contributed by atoms with van der Waals surface area (Å²) in [6.07, 6.45) is -5.08. The van der Waals surface area contributed by atoms with Crippen LogP contribution in [0.15, 0.2) is 36.5 Å². The molecule has 4 heterocycles. The van der Waals surface area contributed by atoms with E-state index in [-0.39, 0.29) is 50.4 Å². The molecule has 0 spiro atoms. The molecule has 0 bridgehead atoms. The number of hydrogen-bond acceptors (Lipinski definition) is 29. The molecular formula is C70H125BrClF3N2O13S16. The molecule has 0 aliphatic carbocycles. The van der Waals surface area contributed by atoms with Gasteiger partial charge in [0.15, 0.2) is 0 Å². The lowest BCUT2D eigenvalue weighted by atomic mass is 10.2. The van der Waals surface area contributed by atoms with Crippen molar-refractivity contribution in [3.05, 3.63) is 36.5 Å². The second-order valence-electron chi connectivity index (χ2n) is 25.9. The number of ether oxygens (including phenoxy) is 3. The number of nitrogens with zero attached hydrogens (tertiary/aromatic N) is 2. The first-order valence-corrected chi connectivity index (χ1v) is 51.6. The van der Waals surface area contributed by atoms with Crippen molar-refractivity contribution in [2.75, 3.05) is 154 Å². The van der Waals surface area contributed by atoms with E-state index in [1.807, 2.05) is 156 Å². The molecule has 15 nitrogen and oxygen atoms in total. The van der Waals surface area contributed by atoms with E-state index in [4.69, 9.17) is 40.8 Å². The number of thiol groups is 3. The maximum absolute atomic E-state index is 11.7. The lowest BCUT2D eigenvalue weighted by Crippen LogP contribution is -2.27. The number of carbonyl (C=O) groups excluding carboxylic acids is 6. The minimum atomic E-state index is -5.08. The van der Waals surface area contributed by atoms with Crippen molar-refractivity contribution in [1.29, 1.82) is 0 Å². The fourth-order valence-corrected chi connectivity index (χ4v) is 26.6. The molecule has 0 radical (unpaired) electrons. The first-order chi connectivity index (χ1) is 49.2. The predicted octanol–water partition coefficient (Wildman–Crippen LogP) is 18.6. The number of carboxylic acid groups (broad SMARTS) is 2. The van der Waals surface area contributed by atoms with Crippen molar-refractivity contribution in [2.24, 2.45) is 0 Å². The van der Waals surface area contributed by atoms with Gasteiger partial charge in [0.2, 0.25) is 15.5 Å². The summed E-state index contributed by atoms with van der Waals surface area (Å²) in [5.74, 6) is 13.9. The molecule has 0 saturated carbocycles. The van der Waals surface area contributed by atoms with Crippen molar-refractivity contribution in [3.63, 3.8) is 0 Å². The summed E-state index contributed by atoms with van der Waals surface area (Å²) in [4.78, 5) is 90.6. The van der Waals surface area contributed by atoms with Crippen LogP contribution in [0.4, 0.5) is 13.2 Å². The van der Waals surface area contributed by atoms with Crippen LogP contribution in [0.1, 0.15) is 125 Å². The van der Waals surface area contributed by atoms with E-state index >= 15 is 0 Å². The van der Waals surface area contributed by atoms with Gasteiger partial charge >= 0.3 is 36.0 Å². The van der Waals surface area contributed by atoms with Crippen molar-refractivity contribution in [3.8, 4) is 0 Å². The Kier molecular flexibility index (Phi) is 76.5. The Labute approximate surface area is 721 Å². The van der Waals surface area contributed by atoms with Gasteiger partial charge in [-0.2, -0.15) is 145 Å². The molecule has 0 amide bonds. The van der Waals surface area contributed by atoms with Crippen LogP contribution >= 0.6 is 218 Å². The molecule has 106 heavy (non-hydrogen) atoms. The van der Waals surface area contributed by atoms with Crippen LogP contribution in [0, 0.1) is 0 Å². The molecule has 0 aromatic carbocycles. The molecule has 0 aromatic heterocycles. The number of hydrogen-bond donors (Lipinski definition) is 5. The molecular weight excluding hydrogens is 1760 g/mol. The number of aliphatic carboxylic acids is 2. The number of allylic oxidation sites excluding steroid dienone is 1. The number of carboxylic acids is 2. The minimum Gasteiger partial charge on any atom is -0.481 e. The summed E-state index contributed by atoms with van der Waals surface area (Å²) in [6, 6.07) is 0. The van der Waals surface area contributed by atoms with E-state index in [0.29, 0.717) is 59.7 Å². The van der Waals surface area contributed by atoms with Gasteiger partial charge in [-0.05, 0) is 145 Å². The second-order valence-corrected chi connectivity index (χ2v) is 43.6. The average Bonchev–Trinajstić information content (AvgIpc) is 0.917. The standard InChI is InChI=1S/C16H26O3S4.C12H18O3S4.C12H22O2S4.C6H11BrO2.2C6H15N.C6H12S4.C4H5ClO.C2HF3O2/c1-11(2)15(18)23-9-13-8-21-12(7-22-13)6-20-10-14(17)19-16(3,4)5;1-8(2)12(15)19-6-10-5-17-9(4-18-10)3-16-7-11(13)14;1-12(2,3)14-11(13)8-16-5-10-7-17-9(4-15)6-18-10;1-6(2,3)9-5(8)4-7;2*1-4-7(5-2)6-3;7-1-5-3-10-6(2-8)4-9-5;1-3(2)4(5)6;3-2(4,5)1(6)7/h12-13H,1,6-10H2,2-5H3;9-10H,1,3-7H2,2H3,(H,13,14);9-10,15H,4-8H2,1-3H3;4H2,1-3H3;2*4-6H2,1-3H3;5-8H,1-4H2;1H2,2H3;(H,6,7). The molecule has 0 aromatic rings. The molecule has 2 N–H and O–H groups in total. The van der Waals surface area contributed by atoms with Gasteiger partial charge in [0, 0.05) is 140 Å². The normalized spacial score (nSPS) is 19.8. The average molecular weight is 1890 g/mol. The summed E-state index contributed by atoms with van der Waals surface area (Å²) in [5.41, 5.74) is 0.495. The lowest BCUT2D eigenvalue weighted by molar-refractivity contribution is -0.192. The first-order valence-electron chi connectivity index (χ1n) is 34.3. The number of halogens is 5. The number of carbonyl (C=O) groups is 8. The summed E-state index contributed by atoms with van der Waals surface area (Å²) < 4.78 is 47.2. The van der Waals surface area contributed by atoms with Crippen LogP contribution in [-0.4, -0.2) is 284 Å². The lowest BCUT2D eigenvalue weighted by Gasteiger charge is -2.27. The Balaban J connectivity index is -0.000000377. The first kappa shape index (κ1) is 116. The van der Waals surface area contributed by atoms with Crippen molar-refractivity contribution < 1.29 is 76.0 Å². The molecule has 8 atom stereocenters. The van der Waals surface area contributed by atoms with Gasteiger partial charge in [-0.15, -0.1) is 35.3 Å². The van der Waals surface area contributed by atoms with E-state index in [1.54, 1.807) is 44.3 Å². The van der Waals surface area contributed by atoms with Gasteiger partial charge in [0.05, 0.1) is 17.3 Å². The zero-order valence-corrected chi connectivity index (χ0v) is 81.1. The summed E-state index contributed by atoms with van der Waals surface area (Å²) in [7, 11) is 0. The smallest absolute Gasteiger partial charge is 0.481 e. The largest absolute Gasteiger partial charge is 0.490 e. The third kappa shape index (κ3) is 76.9. The number of rotatable bonds is 29. The van der Waals surface area contributed by atoms with Crippen molar-refractivity contribution >= 4 is 264 Å². The molecule has 36 heteroatoms. The fourth-order valence-electron chi connectivity index (χ4n) is 6.99. The van der Waals surface area contributed by atoms with Gasteiger partial charge in [-0.3, -0.25) is 33.6 Å². The van der Waals surface area contributed by atoms with E-state index in [2.05, 4.69) is 125 Å². The highest BCUT2D eigenvalue weighted by molar-refractivity contribution is 9.09. The van der Waals surface area contributed by atoms with E-state index in [1.165, 1.54) is 97.6 Å². The molecule has 4 rings (SSSR count). The van der Waals surface area contributed by atoms with Gasteiger partial charge < -0.3 is 34.2 Å². The second kappa shape index (κ2) is 69.7. The maximum Gasteiger partial charge on any atom is 0.490 e. The van der Waals surface area contributed by atoms with Crippen LogP contribution < -0.4 is 0 Å². The van der Waals surface area contributed by atoms with Crippen LogP contribution in [0.3, 0.4) is 0 Å². The van der Waals surface area contributed by atoms with Gasteiger partial charge in [0.25, 0.3) is 0 Å². The Morgan fingerprint density at radius 2 is 0.660 bits per heavy atom. The third-order valence-electron chi connectivity index (χ3n) is 12.5. The predicted molar refractivity (Wildman–Crippen MR) is 493 cm³/mol. The van der Waals surface area contributed by atoms with Crippen LogP contribution in [0.5, 0.6) is 0 Å². The van der Waals surface area contributed by atoms with Crippen molar-refractivity contribution in [2.45, 2.75) is 190 Å². The van der Waals surface area contributed by atoms with Crippen LogP contribution in [0.2, 0.25) is 0 Å². The topological polar surface area (TPSA) is 211 Å². The SMILES string of the molecule is C=C(C)C(=O)Cl.C=C(C)C(=O)SCC1CSC(CSCC(=O)O)CS1.C=C(C)C(=O)SCC1CSC(CSCC(=O)OC(C)(C)C)CS1.CC(C)(C)OC(=O)CBr.CC(C)(C)OC(=O)CSCC1CSC(CS)CS1.CCN(CC)CC.CCN(CC)CC.O=C(O)C(F)(F)F.SCC1CSC(CS)CS1.